The van der Waals surface area contributed by atoms with Gasteiger partial charge in [0, 0.05) is 12.4 Å². The maximum Gasteiger partial charge on any atom is 0.240 e. The number of rotatable bonds is 5. The van der Waals surface area contributed by atoms with E-state index >= 15 is 0 Å². The summed E-state index contributed by atoms with van der Waals surface area (Å²) in [6.07, 6.45) is 0.683. The molecule has 0 amide bonds. The Morgan fingerprint density at radius 2 is 2.00 bits per heavy atom. The van der Waals surface area contributed by atoms with Crippen LogP contribution in [0.4, 0.5) is 0 Å². The summed E-state index contributed by atoms with van der Waals surface area (Å²) in [4.78, 5) is 0.343. The van der Waals surface area contributed by atoms with Crippen LogP contribution in [-0.2, 0) is 22.3 Å². The maximum atomic E-state index is 11.9. The molecular weight excluding hydrogens is 246 g/mol. The molecule has 1 aromatic rings. The van der Waals surface area contributed by atoms with Gasteiger partial charge in [0.15, 0.2) is 0 Å². The highest BCUT2D eigenvalue weighted by molar-refractivity contribution is 7.89. The van der Waals surface area contributed by atoms with Gasteiger partial charge in [0.1, 0.15) is 0 Å². The first kappa shape index (κ1) is 13.5. The van der Waals surface area contributed by atoms with Crippen molar-refractivity contribution >= 4 is 21.6 Å². The molecule has 5 heteroatoms. The van der Waals surface area contributed by atoms with Crippen molar-refractivity contribution in [2.45, 2.75) is 31.0 Å². The molecular formula is C11H16ClNO2S. The van der Waals surface area contributed by atoms with Gasteiger partial charge in [0.2, 0.25) is 10.0 Å². The van der Waals surface area contributed by atoms with E-state index < -0.39 is 10.0 Å². The van der Waals surface area contributed by atoms with E-state index in [0.29, 0.717) is 23.7 Å². The zero-order valence-corrected chi connectivity index (χ0v) is 11.0. The molecule has 90 valence electrons. The molecule has 0 aromatic heterocycles. The van der Waals surface area contributed by atoms with E-state index in [2.05, 4.69) is 4.72 Å². The largest absolute Gasteiger partial charge is 0.240 e. The first-order valence-electron chi connectivity index (χ1n) is 5.22. The third kappa shape index (κ3) is 2.97. The van der Waals surface area contributed by atoms with E-state index in [1.54, 1.807) is 13.0 Å². The topological polar surface area (TPSA) is 46.2 Å². The Kier molecular flexibility index (Phi) is 4.77. The van der Waals surface area contributed by atoms with Gasteiger partial charge in [0.05, 0.1) is 4.90 Å². The van der Waals surface area contributed by atoms with Crippen LogP contribution in [0.2, 0.25) is 0 Å². The van der Waals surface area contributed by atoms with Crippen molar-refractivity contribution in [3.63, 3.8) is 0 Å². The summed E-state index contributed by atoms with van der Waals surface area (Å²) in [6.45, 7) is 4.08. The minimum Gasteiger partial charge on any atom is -0.211 e. The van der Waals surface area contributed by atoms with Gasteiger partial charge in [-0.25, -0.2) is 13.1 Å². The van der Waals surface area contributed by atoms with Crippen LogP contribution in [0, 0.1) is 0 Å². The molecule has 0 unspecified atom stereocenters. The van der Waals surface area contributed by atoms with Gasteiger partial charge in [-0.1, -0.05) is 26.0 Å². The highest BCUT2D eigenvalue weighted by atomic mass is 35.5. The molecule has 0 fully saturated rings. The summed E-state index contributed by atoms with van der Waals surface area (Å²) >= 11 is 5.71. The fourth-order valence-electron chi connectivity index (χ4n) is 1.49. The molecule has 0 aliphatic heterocycles. The lowest BCUT2D eigenvalue weighted by Crippen LogP contribution is -2.24. The Labute approximate surface area is 102 Å². The molecule has 1 aromatic carbocycles. The second-order valence-corrected chi connectivity index (χ2v) is 5.43. The number of alkyl halides is 1. The normalized spacial score (nSPS) is 11.7. The van der Waals surface area contributed by atoms with E-state index in [1.807, 2.05) is 19.1 Å². The van der Waals surface area contributed by atoms with Crippen LogP contribution in [-0.4, -0.2) is 15.0 Å². The van der Waals surface area contributed by atoms with E-state index in [9.17, 15) is 8.42 Å². The van der Waals surface area contributed by atoms with Crippen LogP contribution >= 0.6 is 11.6 Å². The van der Waals surface area contributed by atoms with Gasteiger partial charge in [-0.2, -0.15) is 0 Å². The smallest absolute Gasteiger partial charge is 0.211 e. The molecule has 1 rings (SSSR count). The number of nitrogens with one attached hydrogen (secondary N) is 1. The fraction of sp³-hybridized carbons (Fsp3) is 0.455. The summed E-state index contributed by atoms with van der Waals surface area (Å²) in [5.41, 5.74) is 1.63. The SMILES string of the molecule is CCNS(=O)(=O)c1cc(CCl)ccc1CC. The average molecular weight is 262 g/mol. The number of hydrogen-bond acceptors (Lipinski definition) is 2. The third-order valence-corrected chi connectivity index (χ3v) is 4.23. The number of halogens is 1. The summed E-state index contributed by atoms with van der Waals surface area (Å²) in [5, 5.41) is 0. The lowest BCUT2D eigenvalue weighted by atomic mass is 10.1. The average Bonchev–Trinajstić information content (AvgIpc) is 2.28. The summed E-state index contributed by atoms with van der Waals surface area (Å²) in [6, 6.07) is 5.32. The fourth-order valence-corrected chi connectivity index (χ4v) is 3.06. The molecule has 0 spiro atoms. The second-order valence-electron chi connectivity index (χ2n) is 3.43. The van der Waals surface area contributed by atoms with Gasteiger partial charge in [0.25, 0.3) is 0 Å². The van der Waals surface area contributed by atoms with E-state index in [1.165, 1.54) is 0 Å². The monoisotopic (exact) mass is 261 g/mol. The van der Waals surface area contributed by atoms with Crippen molar-refractivity contribution in [3.8, 4) is 0 Å². The molecule has 0 aliphatic carbocycles. The van der Waals surface area contributed by atoms with Gasteiger partial charge in [-0.15, -0.1) is 11.6 Å². The van der Waals surface area contributed by atoms with Crippen LogP contribution in [0.5, 0.6) is 0 Å². The van der Waals surface area contributed by atoms with Gasteiger partial charge < -0.3 is 0 Å². The Bertz CT molecular complexity index is 457. The number of benzene rings is 1. The Morgan fingerprint density at radius 3 is 2.50 bits per heavy atom. The predicted octanol–water partition coefficient (Wildman–Crippen LogP) is 2.29. The molecule has 16 heavy (non-hydrogen) atoms. The van der Waals surface area contributed by atoms with Crippen molar-refractivity contribution in [1.82, 2.24) is 4.72 Å². The van der Waals surface area contributed by atoms with E-state index in [0.717, 1.165) is 11.1 Å². The minimum absolute atomic E-state index is 0.318. The predicted molar refractivity (Wildman–Crippen MR) is 66.2 cm³/mol. The standard InChI is InChI=1S/C11H16ClNO2S/c1-3-10-6-5-9(8-12)7-11(10)16(14,15)13-4-2/h5-7,13H,3-4,8H2,1-2H3. The molecule has 0 atom stereocenters. The first-order valence-corrected chi connectivity index (χ1v) is 7.24. The van der Waals surface area contributed by atoms with Crippen LogP contribution in [0.3, 0.4) is 0 Å². The van der Waals surface area contributed by atoms with Crippen molar-refractivity contribution in [2.75, 3.05) is 6.54 Å². The third-order valence-electron chi connectivity index (χ3n) is 2.29. The van der Waals surface area contributed by atoms with E-state index in [4.69, 9.17) is 11.6 Å². The zero-order valence-electron chi connectivity index (χ0n) is 9.46. The summed E-state index contributed by atoms with van der Waals surface area (Å²) in [5.74, 6) is 0.318. The Morgan fingerprint density at radius 1 is 1.31 bits per heavy atom. The highest BCUT2D eigenvalue weighted by Gasteiger charge is 2.16. The van der Waals surface area contributed by atoms with Crippen molar-refractivity contribution in [3.05, 3.63) is 29.3 Å². The van der Waals surface area contributed by atoms with Crippen LogP contribution in [0.1, 0.15) is 25.0 Å². The first-order chi connectivity index (χ1) is 7.55. The Hall–Kier alpha value is -0.580. The van der Waals surface area contributed by atoms with Crippen LogP contribution in [0.15, 0.2) is 23.1 Å². The van der Waals surface area contributed by atoms with Gasteiger partial charge in [-0.3, -0.25) is 0 Å². The van der Waals surface area contributed by atoms with Crippen LogP contribution < -0.4 is 4.72 Å². The number of aryl methyl sites for hydroxylation is 1. The highest BCUT2D eigenvalue weighted by Crippen LogP contribution is 2.19. The molecule has 0 heterocycles. The lowest BCUT2D eigenvalue weighted by Gasteiger charge is -2.10. The molecule has 0 saturated carbocycles. The molecule has 0 saturated heterocycles. The molecule has 1 N–H and O–H groups in total. The van der Waals surface area contributed by atoms with Crippen molar-refractivity contribution in [2.24, 2.45) is 0 Å². The number of sulfonamides is 1. The molecule has 0 aliphatic rings. The number of hydrogen-bond donors (Lipinski definition) is 1. The lowest BCUT2D eigenvalue weighted by molar-refractivity contribution is 0.582. The summed E-state index contributed by atoms with van der Waals surface area (Å²) < 4.78 is 26.3. The second kappa shape index (κ2) is 5.66. The molecule has 0 bridgehead atoms. The van der Waals surface area contributed by atoms with Crippen molar-refractivity contribution < 1.29 is 8.42 Å². The van der Waals surface area contributed by atoms with Crippen molar-refractivity contribution in [1.29, 1.82) is 0 Å². The van der Waals surface area contributed by atoms with E-state index in [-0.39, 0.29) is 0 Å². The molecule has 3 nitrogen and oxygen atoms in total. The minimum atomic E-state index is -3.39. The molecule has 0 radical (unpaired) electrons. The Balaban J connectivity index is 3.29. The maximum absolute atomic E-state index is 11.9. The van der Waals surface area contributed by atoms with Gasteiger partial charge in [-0.05, 0) is 23.6 Å². The van der Waals surface area contributed by atoms with Crippen LogP contribution in [0.25, 0.3) is 0 Å². The zero-order chi connectivity index (χ0) is 12.2. The van der Waals surface area contributed by atoms with Gasteiger partial charge >= 0.3 is 0 Å². The quantitative estimate of drug-likeness (QED) is 0.827. The summed E-state index contributed by atoms with van der Waals surface area (Å²) in [7, 11) is -3.39.